The zero-order valence-electron chi connectivity index (χ0n) is 10.2. The molecule has 0 radical (unpaired) electrons. The molecule has 108 valence electrons. The molecule has 7 nitrogen and oxygen atoms in total. The first-order valence-electron chi connectivity index (χ1n) is 5.47. The summed E-state index contributed by atoms with van der Waals surface area (Å²) in [6, 6.07) is 4.30. The number of amides is 1. The van der Waals surface area contributed by atoms with Crippen LogP contribution in [-0.2, 0) is 14.3 Å². The van der Waals surface area contributed by atoms with Crippen molar-refractivity contribution in [2.45, 2.75) is 12.5 Å². The van der Waals surface area contributed by atoms with Crippen LogP contribution in [-0.4, -0.2) is 34.7 Å². The molecule has 8 heteroatoms. The summed E-state index contributed by atoms with van der Waals surface area (Å²) in [7, 11) is 0. The molecule has 0 heterocycles. The van der Waals surface area contributed by atoms with Crippen molar-refractivity contribution < 1.29 is 29.3 Å². The average Bonchev–Trinajstić information content (AvgIpc) is 2.34. The maximum absolute atomic E-state index is 11.3. The highest BCUT2D eigenvalue weighted by Crippen LogP contribution is 2.27. The van der Waals surface area contributed by atoms with Crippen LogP contribution in [0.25, 0.3) is 0 Å². The second-order valence-corrected chi connectivity index (χ2v) is 4.21. The van der Waals surface area contributed by atoms with Gasteiger partial charge in [0.05, 0.1) is 17.2 Å². The standard InChI is InChI=1S/C12H12ClNO6/c13-7-3-1-2-6(11(7)12(14)19)8(5-15)20-10(18)4-9(16)17/h1-3,8,15H,4-5H2,(H2,14,19)(H,16,17). The molecule has 0 fully saturated rings. The molecule has 20 heavy (non-hydrogen) atoms. The van der Waals surface area contributed by atoms with E-state index >= 15 is 0 Å². The molecule has 0 bridgehead atoms. The largest absolute Gasteiger partial charge is 0.481 e. The van der Waals surface area contributed by atoms with Crippen molar-refractivity contribution in [1.29, 1.82) is 0 Å². The third kappa shape index (κ3) is 3.94. The molecule has 1 atom stereocenters. The summed E-state index contributed by atoms with van der Waals surface area (Å²) >= 11 is 5.83. The molecular formula is C12H12ClNO6. The topological polar surface area (TPSA) is 127 Å². The Morgan fingerprint density at radius 1 is 1.35 bits per heavy atom. The van der Waals surface area contributed by atoms with Gasteiger partial charge < -0.3 is 20.7 Å². The maximum atomic E-state index is 11.3. The average molecular weight is 302 g/mol. The number of aliphatic hydroxyl groups is 1. The Bertz CT molecular complexity index is 545. The molecule has 1 aromatic rings. The first-order chi connectivity index (χ1) is 9.36. The fraction of sp³-hybridized carbons (Fsp3) is 0.250. The van der Waals surface area contributed by atoms with Crippen LogP contribution >= 0.6 is 11.6 Å². The van der Waals surface area contributed by atoms with Gasteiger partial charge in [-0.2, -0.15) is 0 Å². The fourth-order valence-electron chi connectivity index (χ4n) is 1.59. The molecule has 0 aliphatic carbocycles. The number of hydrogen-bond donors (Lipinski definition) is 3. The third-order valence-corrected chi connectivity index (χ3v) is 2.69. The van der Waals surface area contributed by atoms with E-state index in [2.05, 4.69) is 0 Å². The highest BCUT2D eigenvalue weighted by molar-refractivity contribution is 6.34. The molecule has 0 spiro atoms. The minimum absolute atomic E-state index is 0.0442. The van der Waals surface area contributed by atoms with Gasteiger partial charge in [0.15, 0.2) is 6.10 Å². The number of aliphatic hydroxyl groups excluding tert-OH is 1. The Labute approximate surface area is 118 Å². The summed E-state index contributed by atoms with van der Waals surface area (Å²) in [4.78, 5) is 33.0. The van der Waals surface area contributed by atoms with E-state index in [1.54, 1.807) is 0 Å². The molecule has 0 saturated heterocycles. The van der Waals surface area contributed by atoms with Crippen LogP contribution in [0, 0.1) is 0 Å². The molecule has 1 rings (SSSR count). The quantitative estimate of drug-likeness (QED) is 0.518. The lowest BCUT2D eigenvalue weighted by molar-refractivity contribution is -0.157. The first-order valence-corrected chi connectivity index (χ1v) is 5.85. The highest BCUT2D eigenvalue weighted by atomic mass is 35.5. The lowest BCUT2D eigenvalue weighted by atomic mass is 10.0. The monoisotopic (exact) mass is 301 g/mol. The van der Waals surface area contributed by atoms with E-state index in [-0.39, 0.29) is 16.1 Å². The fourth-order valence-corrected chi connectivity index (χ4v) is 1.87. The Balaban J connectivity index is 3.07. The van der Waals surface area contributed by atoms with Gasteiger partial charge in [-0.1, -0.05) is 23.7 Å². The summed E-state index contributed by atoms with van der Waals surface area (Å²) in [6.07, 6.45) is -2.08. The predicted octanol–water partition coefficient (Wildman–Crippen LogP) is 0.490. The predicted molar refractivity (Wildman–Crippen MR) is 68.1 cm³/mol. The van der Waals surface area contributed by atoms with E-state index in [1.165, 1.54) is 18.2 Å². The van der Waals surface area contributed by atoms with Crippen LogP contribution in [0.3, 0.4) is 0 Å². The summed E-state index contributed by atoms with van der Waals surface area (Å²) in [5.74, 6) is -3.27. The number of esters is 1. The molecule has 1 aromatic carbocycles. The number of rotatable bonds is 6. The molecule has 0 aromatic heterocycles. The number of carboxylic acids is 1. The van der Waals surface area contributed by atoms with Gasteiger partial charge in [0, 0.05) is 5.56 Å². The highest BCUT2D eigenvalue weighted by Gasteiger charge is 2.24. The molecule has 4 N–H and O–H groups in total. The number of hydrogen-bond acceptors (Lipinski definition) is 5. The van der Waals surface area contributed by atoms with Crippen LogP contribution in [0.5, 0.6) is 0 Å². The van der Waals surface area contributed by atoms with E-state index in [9.17, 15) is 19.5 Å². The minimum Gasteiger partial charge on any atom is -0.481 e. The van der Waals surface area contributed by atoms with Gasteiger partial charge in [0.1, 0.15) is 6.42 Å². The lowest BCUT2D eigenvalue weighted by Crippen LogP contribution is -2.22. The van der Waals surface area contributed by atoms with Crippen LogP contribution < -0.4 is 5.73 Å². The van der Waals surface area contributed by atoms with Gasteiger partial charge in [-0.15, -0.1) is 0 Å². The zero-order valence-corrected chi connectivity index (χ0v) is 11.0. The molecule has 0 aliphatic rings. The Kier molecular flexibility index (Phi) is 5.48. The zero-order chi connectivity index (χ0) is 15.3. The SMILES string of the molecule is NC(=O)c1c(Cl)cccc1C(CO)OC(=O)CC(=O)O. The Hall–Kier alpha value is -2.12. The van der Waals surface area contributed by atoms with Gasteiger partial charge in [-0.25, -0.2) is 0 Å². The summed E-state index contributed by atoms with van der Waals surface area (Å²) in [6.45, 7) is -0.647. The summed E-state index contributed by atoms with van der Waals surface area (Å²) < 4.78 is 4.81. The van der Waals surface area contributed by atoms with Gasteiger partial charge >= 0.3 is 11.9 Å². The molecular weight excluding hydrogens is 290 g/mol. The van der Waals surface area contributed by atoms with Gasteiger partial charge in [-0.05, 0) is 6.07 Å². The van der Waals surface area contributed by atoms with E-state index in [0.717, 1.165) is 0 Å². The molecule has 1 unspecified atom stereocenters. The number of carbonyl (C=O) groups is 3. The van der Waals surface area contributed by atoms with Gasteiger partial charge in [0.2, 0.25) is 0 Å². The lowest BCUT2D eigenvalue weighted by Gasteiger charge is -2.18. The minimum atomic E-state index is -1.37. The number of carboxylic acid groups (broad SMARTS) is 1. The molecule has 0 aliphatic heterocycles. The Morgan fingerprint density at radius 3 is 2.50 bits per heavy atom. The van der Waals surface area contributed by atoms with Crippen molar-refractivity contribution >= 4 is 29.4 Å². The summed E-state index contributed by atoms with van der Waals surface area (Å²) in [5.41, 5.74) is 5.21. The second-order valence-electron chi connectivity index (χ2n) is 3.80. The number of benzene rings is 1. The van der Waals surface area contributed by atoms with Crippen molar-refractivity contribution in [3.63, 3.8) is 0 Å². The van der Waals surface area contributed by atoms with Crippen LogP contribution in [0.2, 0.25) is 5.02 Å². The van der Waals surface area contributed by atoms with E-state index < -0.39 is 37.0 Å². The number of carbonyl (C=O) groups excluding carboxylic acids is 2. The number of primary amides is 1. The van der Waals surface area contributed by atoms with Crippen molar-refractivity contribution in [3.8, 4) is 0 Å². The first kappa shape index (κ1) is 15.9. The Morgan fingerprint density at radius 2 is 2.00 bits per heavy atom. The van der Waals surface area contributed by atoms with Crippen molar-refractivity contribution in [2.75, 3.05) is 6.61 Å². The third-order valence-electron chi connectivity index (χ3n) is 2.37. The van der Waals surface area contributed by atoms with Crippen molar-refractivity contribution in [2.24, 2.45) is 5.73 Å². The van der Waals surface area contributed by atoms with E-state index in [0.29, 0.717) is 0 Å². The van der Waals surface area contributed by atoms with Crippen LogP contribution in [0.4, 0.5) is 0 Å². The van der Waals surface area contributed by atoms with Crippen LogP contribution in [0.15, 0.2) is 18.2 Å². The molecule has 0 saturated carbocycles. The van der Waals surface area contributed by atoms with Gasteiger partial charge in [0.25, 0.3) is 5.91 Å². The van der Waals surface area contributed by atoms with E-state index in [4.69, 9.17) is 27.2 Å². The van der Waals surface area contributed by atoms with E-state index in [1.807, 2.05) is 0 Å². The number of aliphatic carboxylic acids is 1. The summed E-state index contributed by atoms with van der Waals surface area (Å²) in [5, 5.41) is 17.8. The smallest absolute Gasteiger partial charge is 0.317 e. The van der Waals surface area contributed by atoms with Crippen molar-refractivity contribution in [1.82, 2.24) is 0 Å². The normalized spacial score (nSPS) is 11.7. The number of ether oxygens (including phenoxy) is 1. The molecule has 1 amide bonds. The number of nitrogens with two attached hydrogens (primary N) is 1. The van der Waals surface area contributed by atoms with Crippen LogP contribution in [0.1, 0.15) is 28.4 Å². The van der Waals surface area contributed by atoms with Gasteiger partial charge in [-0.3, -0.25) is 14.4 Å². The van der Waals surface area contributed by atoms with Crippen molar-refractivity contribution in [3.05, 3.63) is 34.3 Å². The number of halogens is 1. The second kappa shape index (κ2) is 6.88. The maximum Gasteiger partial charge on any atom is 0.317 e.